The number of hydrazone groups is 1. The third-order valence-electron chi connectivity index (χ3n) is 5.64. The number of carbonyl (C=O) groups is 1. The molecule has 2 aromatic rings. The molecule has 2 aromatic carbocycles. The van der Waals surface area contributed by atoms with Crippen LogP contribution >= 0.6 is 11.6 Å². The minimum atomic E-state index is -0.652. The lowest BCUT2D eigenvalue weighted by atomic mass is 9.94. The van der Waals surface area contributed by atoms with Gasteiger partial charge in [-0.15, -0.1) is 0 Å². The van der Waals surface area contributed by atoms with Crippen LogP contribution in [0.4, 0.5) is 5.69 Å². The second-order valence-electron chi connectivity index (χ2n) is 9.16. The second-order valence-corrected chi connectivity index (χ2v) is 9.57. The third-order valence-corrected chi connectivity index (χ3v) is 6.05. The molecule has 0 fully saturated rings. The van der Waals surface area contributed by atoms with Crippen molar-refractivity contribution in [2.45, 2.75) is 45.8 Å². The number of hydrogen-bond donors (Lipinski definition) is 4. The van der Waals surface area contributed by atoms with Crippen molar-refractivity contribution in [3.05, 3.63) is 58.6 Å². The molecular weight excluding hydrogens is 440 g/mol. The van der Waals surface area contributed by atoms with Gasteiger partial charge in [-0.05, 0) is 50.6 Å². The average molecular weight is 473 g/mol. The maximum absolute atomic E-state index is 11.4. The molecule has 178 valence electrons. The molecule has 2 atom stereocenters. The van der Waals surface area contributed by atoms with E-state index in [0.717, 1.165) is 22.5 Å². The molecule has 0 saturated heterocycles. The molecule has 1 amide bonds. The maximum atomic E-state index is 11.4. The zero-order valence-corrected chi connectivity index (χ0v) is 20.4. The number of aliphatic hydroxyl groups excluding tert-OH is 1. The highest BCUT2D eigenvalue weighted by molar-refractivity contribution is 6.31. The summed E-state index contributed by atoms with van der Waals surface area (Å²) in [5.74, 6) is 0.733. The quantitative estimate of drug-likeness (QED) is 0.422. The van der Waals surface area contributed by atoms with Crippen LogP contribution in [-0.2, 0) is 4.79 Å². The SMILES string of the molecule is Cc1c(Cl)cccc1OCC(O)CNC(C)(C)CNc1ccc(C2=NNC(=O)CC2C)cc1. The summed E-state index contributed by atoms with van der Waals surface area (Å²) in [5.41, 5.74) is 6.06. The van der Waals surface area contributed by atoms with E-state index in [2.05, 4.69) is 35.0 Å². The van der Waals surface area contributed by atoms with Crippen LogP contribution in [0.2, 0.25) is 5.02 Å². The van der Waals surface area contributed by atoms with Crippen molar-refractivity contribution in [2.75, 3.05) is 25.0 Å². The summed E-state index contributed by atoms with van der Waals surface area (Å²) < 4.78 is 5.73. The highest BCUT2D eigenvalue weighted by Crippen LogP contribution is 2.25. The number of aliphatic hydroxyl groups is 1. The zero-order valence-electron chi connectivity index (χ0n) is 19.6. The van der Waals surface area contributed by atoms with Gasteiger partial charge in [0, 0.05) is 47.2 Å². The van der Waals surface area contributed by atoms with Gasteiger partial charge in [0.25, 0.3) is 0 Å². The molecule has 0 saturated carbocycles. The van der Waals surface area contributed by atoms with E-state index in [1.54, 1.807) is 0 Å². The van der Waals surface area contributed by atoms with Gasteiger partial charge in [-0.2, -0.15) is 5.10 Å². The van der Waals surface area contributed by atoms with E-state index in [0.29, 0.717) is 30.3 Å². The van der Waals surface area contributed by atoms with E-state index in [-0.39, 0.29) is 24.0 Å². The molecule has 8 heteroatoms. The summed E-state index contributed by atoms with van der Waals surface area (Å²) in [6.45, 7) is 9.30. The van der Waals surface area contributed by atoms with Crippen LogP contribution in [-0.4, -0.2) is 48.1 Å². The van der Waals surface area contributed by atoms with Crippen LogP contribution in [0, 0.1) is 12.8 Å². The van der Waals surface area contributed by atoms with Crippen LogP contribution in [0.25, 0.3) is 0 Å². The molecule has 0 radical (unpaired) electrons. The monoisotopic (exact) mass is 472 g/mol. The lowest BCUT2D eigenvalue weighted by Gasteiger charge is -2.28. The first-order chi connectivity index (χ1) is 15.6. The second kappa shape index (κ2) is 11.0. The van der Waals surface area contributed by atoms with Crippen molar-refractivity contribution < 1.29 is 14.6 Å². The fourth-order valence-electron chi connectivity index (χ4n) is 3.53. The van der Waals surface area contributed by atoms with Gasteiger partial charge in [-0.1, -0.05) is 36.7 Å². The minimum absolute atomic E-state index is 0.0458. The summed E-state index contributed by atoms with van der Waals surface area (Å²) in [4.78, 5) is 11.4. The Morgan fingerprint density at radius 3 is 2.70 bits per heavy atom. The fourth-order valence-corrected chi connectivity index (χ4v) is 3.70. The molecule has 0 bridgehead atoms. The van der Waals surface area contributed by atoms with E-state index in [1.807, 2.05) is 56.3 Å². The Labute approximate surface area is 200 Å². The average Bonchev–Trinajstić information content (AvgIpc) is 2.78. The molecule has 0 spiro atoms. The molecule has 1 aliphatic heterocycles. The molecule has 7 nitrogen and oxygen atoms in total. The number of nitrogens with one attached hydrogen (secondary N) is 3. The van der Waals surface area contributed by atoms with Crippen molar-refractivity contribution in [3.8, 4) is 5.75 Å². The predicted molar refractivity (Wildman–Crippen MR) is 133 cm³/mol. The largest absolute Gasteiger partial charge is 0.491 e. The lowest BCUT2D eigenvalue weighted by molar-refractivity contribution is -0.121. The summed E-state index contributed by atoms with van der Waals surface area (Å²) >= 11 is 6.11. The Morgan fingerprint density at radius 2 is 2.00 bits per heavy atom. The van der Waals surface area contributed by atoms with Gasteiger partial charge in [-0.25, -0.2) is 5.43 Å². The molecular formula is C25H33ClN4O3. The first-order valence-electron chi connectivity index (χ1n) is 11.2. The number of hydrogen-bond acceptors (Lipinski definition) is 6. The van der Waals surface area contributed by atoms with Gasteiger partial charge in [0.1, 0.15) is 18.5 Å². The summed E-state index contributed by atoms with van der Waals surface area (Å²) in [6, 6.07) is 13.5. The van der Waals surface area contributed by atoms with Crippen LogP contribution < -0.4 is 20.8 Å². The maximum Gasteiger partial charge on any atom is 0.240 e. The number of carbonyl (C=O) groups excluding carboxylic acids is 1. The molecule has 1 heterocycles. The van der Waals surface area contributed by atoms with Crippen LogP contribution in [0.3, 0.4) is 0 Å². The number of ether oxygens (including phenoxy) is 1. The van der Waals surface area contributed by atoms with Gasteiger partial charge >= 0.3 is 0 Å². The molecule has 33 heavy (non-hydrogen) atoms. The smallest absolute Gasteiger partial charge is 0.240 e. The van der Waals surface area contributed by atoms with Crippen LogP contribution in [0.15, 0.2) is 47.6 Å². The lowest BCUT2D eigenvalue weighted by Crippen LogP contribution is -2.49. The third kappa shape index (κ3) is 7.19. The normalized spacial score (nSPS) is 17.2. The van der Waals surface area contributed by atoms with E-state index in [4.69, 9.17) is 16.3 Å². The first-order valence-corrected chi connectivity index (χ1v) is 11.5. The molecule has 0 aliphatic carbocycles. The minimum Gasteiger partial charge on any atom is -0.491 e. The molecule has 1 aliphatic rings. The van der Waals surface area contributed by atoms with Crippen molar-refractivity contribution >= 4 is 28.9 Å². The number of anilines is 1. The molecule has 4 N–H and O–H groups in total. The molecule has 3 rings (SSSR count). The summed E-state index contributed by atoms with van der Waals surface area (Å²) in [5, 5.41) is 22.0. The predicted octanol–water partition coefficient (Wildman–Crippen LogP) is 3.73. The van der Waals surface area contributed by atoms with Crippen LogP contribution in [0.5, 0.6) is 5.75 Å². The first kappa shape index (κ1) is 25.0. The van der Waals surface area contributed by atoms with Crippen molar-refractivity contribution in [1.29, 1.82) is 0 Å². The van der Waals surface area contributed by atoms with E-state index in [9.17, 15) is 9.90 Å². The highest BCUT2D eigenvalue weighted by Gasteiger charge is 2.22. The Balaban J connectivity index is 1.44. The van der Waals surface area contributed by atoms with Gasteiger partial charge in [0.2, 0.25) is 5.91 Å². The Hall–Kier alpha value is -2.61. The van der Waals surface area contributed by atoms with E-state index < -0.39 is 6.10 Å². The number of rotatable bonds is 10. The fraction of sp³-hybridized carbons (Fsp3) is 0.440. The summed E-state index contributed by atoms with van der Waals surface area (Å²) in [6.07, 6.45) is -0.199. The van der Waals surface area contributed by atoms with Crippen molar-refractivity contribution in [3.63, 3.8) is 0 Å². The van der Waals surface area contributed by atoms with Crippen molar-refractivity contribution in [1.82, 2.24) is 10.7 Å². The Kier molecular flexibility index (Phi) is 8.35. The highest BCUT2D eigenvalue weighted by atomic mass is 35.5. The molecule has 2 unspecified atom stereocenters. The van der Waals surface area contributed by atoms with Gasteiger partial charge in [-0.3, -0.25) is 4.79 Å². The summed E-state index contributed by atoms with van der Waals surface area (Å²) in [7, 11) is 0. The van der Waals surface area contributed by atoms with Gasteiger partial charge < -0.3 is 20.5 Å². The number of amides is 1. The number of β-amino-alcohol motifs (C(OH)–C–C–N with tert-alkyl or cyclic N) is 1. The Bertz CT molecular complexity index is 992. The molecule has 0 aromatic heterocycles. The van der Waals surface area contributed by atoms with E-state index in [1.165, 1.54) is 0 Å². The number of halogens is 1. The van der Waals surface area contributed by atoms with Crippen LogP contribution in [0.1, 0.15) is 38.3 Å². The van der Waals surface area contributed by atoms with E-state index >= 15 is 0 Å². The number of benzene rings is 2. The number of nitrogens with zero attached hydrogens (tertiary/aromatic N) is 1. The van der Waals surface area contributed by atoms with Gasteiger partial charge in [0.15, 0.2) is 0 Å². The standard InChI is InChI=1S/C25H33ClN4O3/c1-16-12-23(32)29-30-24(16)18-8-10-19(11-9-18)27-15-25(3,4)28-13-20(31)14-33-22-7-5-6-21(26)17(22)2/h5-11,16,20,27-28,31H,12-15H2,1-4H3,(H,29,32). The Morgan fingerprint density at radius 1 is 1.27 bits per heavy atom. The van der Waals surface area contributed by atoms with Gasteiger partial charge in [0.05, 0.1) is 5.71 Å². The topological polar surface area (TPSA) is 95.0 Å². The van der Waals surface area contributed by atoms with Crippen molar-refractivity contribution in [2.24, 2.45) is 11.0 Å². The zero-order chi connectivity index (χ0) is 24.0.